The summed E-state index contributed by atoms with van der Waals surface area (Å²) in [4.78, 5) is 4.93. The quantitative estimate of drug-likeness (QED) is 0.637. The highest BCUT2D eigenvalue weighted by Crippen LogP contribution is 2.21. The van der Waals surface area contributed by atoms with Crippen molar-refractivity contribution in [2.24, 2.45) is 0 Å². The monoisotopic (exact) mass is 255 g/mol. The van der Waals surface area contributed by atoms with Crippen LogP contribution in [0.15, 0.2) is 0 Å². The van der Waals surface area contributed by atoms with Crippen LogP contribution in [0.4, 0.5) is 0 Å². The molecule has 0 saturated heterocycles. The number of rotatable bonds is 9. The van der Waals surface area contributed by atoms with E-state index in [0.29, 0.717) is 0 Å². The molecule has 0 aliphatic heterocycles. The van der Waals surface area contributed by atoms with E-state index in [1.807, 2.05) is 0 Å². The summed E-state index contributed by atoms with van der Waals surface area (Å²) in [7, 11) is 4.28. The van der Waals surface area contributed by atoms with Crippen LogP contribution < -0.4 is 5.32 Å². The molecule has 0 spiro atoms. The van der Waals surface area contributed by atoms with Crippen molar-refractivity contribution in [1.82, 2.24) is 15.1 Å². The molecule has 18 heavy (non-hydrogen) atoms. The second-order valence-corrected chi connectivity index (χ2v) is 5.83. The zero-order chi connectivity index (χ0) is 13.2. The second kappa shape index (κ2) is 9.76. The van der Waals surface area contributed by atoms with Gasteiger partial charge in [0, 0.05) is 19.1 Å². The Balaban J connectivity index is 2.04. The Morgan fingerprint density at radius 3 is 2.33 bits per heavy atom. The fourth-order valence-electron chi connectivity index (χ4n) is 2.91. The standard InChI is InChI=1S/C15H33N3/c1-4-18(15-9-6-5-7-10-15)14-12-16-11-8-13-17(2)3/h15-16H,4-14H2,1-3H3. The Bertz CT molecular complexity index is 188. The molecule has 1 saturated carbocycles. The molecule has 0 bridgehead atoms. The average molecular weight is 255 g/mol. The Morgan fingerprint density at radius 1 is 1.00 bits per heavy atom. The van der Waals surface area contributed by atoms with E-state index in [4.69, 9.17) is 0 Å². The summed E-state index contributed by atoms with van der Waals surface area (Å²) in [5, 5.41) is 3.58. The molecule has 3 nitrogen and oxygen atoms in total. The first-order valence-corrected chi connectivity index (χ1v) is 7.83. The number of hydrogen-bond acceptors (Lipinski definition) is 3. The number of nitrogens with one attached hydrogen (secondary N) is 1. The third-order valence-electron chi connectivity index (χ3n) is 4.03. The van der Waals surface area contributed by atoms with Gasteiger partial charge in [-0.3, -0.25) is 4.90 Å². The summed E-state index contributed by atoms with van der Waals surface area (Å²) in [6.45, 7) is 8.24. The molecular weight excluding hydrogens is 222 g/mol. The molecule has 0 amide bonds. The first-order chi connectivity index (χ1) is 8.74. The van der Waals surface area contributed by atoms with Crippen LogP contribution in [0.2, 0.25) is 0 Å². The minimum Gasteiger partial charge on any atom is -0.315 e. The third-order valence-corrected chi connectivity index (χ3v) is 4.03. The summed E-state index contributed by atoms with van der Waals surface area (Å²) < 4.78 is 0. The maximum Gasteiger partial charge on any atom is 0.0110 e. The first-order valence-electron chi connectivity index (χ1n) is 7.83. The summed E-state index contributed by atoms with van der Waals surface area (Å²) in [6, 6.07) is 0.868. The summed E-state index contributed by atoms with van der Waals surface area (Å²) in [5.74, 6) is 0. The zero-order valence-corrected chi connectivity index (χ0v) is 12.7. The van der Waals surface area contributed by atoms with Gasteiger partial charge in [-0.15, -0.1) is 0 Å². The lowest BCUT2D eigenvalue weighted by molar-refractivity contribution is 0.164. The highest BCUT2D eigenvalue weighted by Gasteiger charge is 2.18. The molecule has 1 fully saturated rings. The lowest BCUT2D eigenvalue weighted by Crippen LogP contribution is -2.41. The average Bonchev–Trinajstić information content (AvgIpc) is 2.38. The number of hydrogen-bond donors (Lipinski definition) is 1. The largest absolute Gasteiger partial charge is 0.315 e. The van der Waals surface area contributed by atoms with E-state index in [0.717, 1.165) is 19.1 Å². The molecule has 0 heterocycles. The minimum atomic E-state index is 0.868. The van der Waals surface area contributed by atoms with Crippen molar-refractivity contribution in [1.29, 1.82) is 0 Å². The first kappa shape index (κ1) is 15.9. The van der Waals surface area contributed by atoms with Crippen LogP contribution in [0.5, 0.6) is 0 Å². The second-order valence-electron chi connectivity index (χ2n) is 5.83. The highest BCUT2D eigenvalue weighted by molar-refractivity contribution is 4.75. The molecule has 1 aliphatic rings. The normalized spacial score (nSPS) is 17.8. The molecule has 0 radical (unpaired) electrons. The molecular formula is C15H33N3. The highest BCUT2D eigenvalue weighted by atomic mass is 15.2. The van der Waals surface area contributed by atoms with E-state index in [-0.39, 0.29) is 0 Å². The lowest BCUT2D eigenvalue weighted by atomic mass is 9.94. The maximum absolute atomic E-state index is 3.58. The van der Waals surface area contributed by atoms with Crippen molar-refractivity contribution >= 4 is 0 Å². The van der Waals surface area contributed by atoms with Crippen LogP contribution in [0.1, 0.15) is 45.4 Å². The smallest absolute Gasteiger partial charge is 0.0110 e. The number of nitrogens with zero attached hydrogens (tertiary/aromatic N) is 2. The predicted molar refractivity (Wildman–Crippen MR) is 80.2 cm³/mol. The summed E-state index contributed by atoms with van der Waals surface area (Å²) >= 11 is 0. The van der Waals surface area contributed by atoms with Crippen LogP contribution >= 0.6 is 0 Å². The van der Waals surface area contributed by atoms with E-state index in [9.17, 15) is 0 Å². The minimum absolute atomic E-state index is 0.868. The van der Waals surface area contributed by atoms with Gasteiger partial charge in [-0.05, 0) is 53.0 Å². The summed E-state index contributed by atoms with van der Waals surface area (Å²) in [5.41, 5.74) is 0. The van der Waals surface area contributed by atoms with Gasteiger partial charge in [-0.2, -0.15) is 0 Å². The molecule has 1 rings (SSSR count). The fourth-order valence-corrected chi connectivity index (χ4v) is 2.91. The van der Waals surface area contributed by atoms with E-state index >= 15 is 0 Å². The van der Waals surface area contributed by atoms with Gasteiger partial charge in [0.05, 0.1) is 0 Å². The molecule has 3 heteroatoms. The van der Waals surface area contributed by atoms with Crippen molar-refractivity contribution in [3.05, 3.63) is 0 Å². The molecule has 0 unspecified atom stereocenters. The Morgan fingerprint density at radius 2 is 1.72 bits per heavy atom. The van der Waals surface area contributed by atoms with Gasteiger partial charge in [0.2, 0.25) is 0 Å². The van der Waals surface area contributed by atoms with Gasteiger partial charge in [-0.1, -0.05) is 26.2 Å². The van der Waals surface area contributed by atoms with E-state index in [1.54, 1.807) is 0 Å². The molecule has 0 aromatic rings. The van der Waals surface area contributed by atoms with Gasteiger partial charge < -0.3 is 10.2 Å². The Hall–Kier alpha value is -0.120. The maximum atomic E-state index is 3.58. The van der Waals surface area contributed by atoms with Crippen LogP contribution in [-0.4, -0.2) is 62.7 Å². The number of likely N-dealkylation sites (N-methyl/N-ethyl adjacent to an activating group) is 1. The molecule has 1 aliphatic carbocycles. The topological polar surface area (TPSA) is 18.5 Å². The fraction of sp³-hybridized carbons (Fsp3) is 1.00. The van der Waals surface area contributed by atoms with Crippen molar-refractivity contribution in [3.8, 4) is 0 Å². The van der Waals surface area contributed by atoms with E-state index in [2.05, 4.69) is 36.1 Å². The van der Waals surface area contributed by atoms with Crippen molar-refractivity contribution in [3.63, 3.8) is 0 Å². The van der Waals surface area contributed by atoms with E-state index < -0.39 is 0 Å². The zero-order valence-electron chi connectivity index (χ0n) is 12.7. The van der Waals surface area contributed by atoms with Gasteiger partial charge >= 0.3 is 0 Å². The summed E-state index contributed by atoms with van der Waals surface area (Å²) in [6.07, 6.45) is 8.44. The van der Waals surface area contributed by atoms with Gasteiger partial charge in [0.15, 0.2) is 0 Å². The lowest BCUT2D eigenvalue weighted by Gasteiger charge is -2.33. The van der Waals surface area contributed by atoms with Crippen molar-refractivity contribution in [2.75, 3.05) is 46.8 Å². The predicted octanol–water partition coefficient (Wildman–Crippen LogP) is 2.18. The molecule has 0 aromatic heterocycles. The van der Waals surface area contributed by atoms with Gasteiger partial charge in [-0.25, -0.2) is 0 Å². The Labute approximate surface area is 114 Å². The van der Waals surface area contributed by atoms with Gasteiger partial charge in [0.25, 0.3) is 0 Å². The third kappa shape index (κ3) is 6.72. The van der Waals surface area contributed by atoms with Crippen LogP contribution in [-0.2, 0) is 0 Å². The van der Waals surface area contributed by atoms with Crippen molar-refractivity contribution in [2.45, 2.75) is 51.5 Å². The molecule has 1 N–H and O–H groups in total. The Kier molecular flexibility index (Phi) is 8.64. The van der Waals surface area contributed by atoms with Crippen LogP contribution in [0.25, 0.3) is 0 Å². The van der Waals surface area contributed by atoms with Crippen LogP contribution in [0.3, 0.4) is 0 Å². The van der Waals surface area contributed by atoms with E-state index in [1.165, 1.54) is 58.2 Å². The van der Waals surface area contributed by atoms with Gasteiger partial charge in [0.1, 0.15) is 0 Å². The molecule has 0 atom stereocenters. The van der Waals surface area contributed by atoms with Crippen molar-refractivity contribution < 1.29 is 0 Å². The van der Waals surface area contributed by atoms with Crippen LogP contribution in [0, 0.1) is 0 Å². The molecule has 0 aromatic carbocycles. The SMILES string of the molecule is CCN(CCNCCCN(C)C)C1CCCCC1. The molecule has 108 valence electrons.